The highest BCUT2D eigenvalue weighted by molar-refractivity contribution is 9.10. The molecule has 0 amide bonds. The molecule has 1 aromatic rings. The number of rotatable bonds is 3. The highest BCUT2D eigenvalue weighted by atomic mass is 79.9. The Bertz CT molecular complexity index is 395. The molecule has 0 aromatic heterocycles. The Morgan fingerprint density at radius 3 is 3.06 bits per heavy atom. The average Bonchev–Trinajstić information content (AvgIpc) is 2.32. The summed E-state index contributed by atoms with van der Waals surface area (Å²) in [5, 5.41) is 4.06. The van der Waals surface area contributed by atoms with Gasteiger partial charge in [-0.15, -0.1) is 0 Å². The van der Waals surface area contributed by atoms with Crippen LogP contribution in [0.3, 0.4) is 0 Å². The van der Waals surface area contributed by atoms with Gasteiger partial charge in [-0.1, -0.05) is 11.6 Å². The summed E-state index contributed by atoms with van der Waals surface area (Å²) in [4.78, 5) is 0. The summed E-state index contributed by atoms with van der Waals surface area (Å²) in [6, 6.07) is 5.81. The molecule has 1 aliphatic heterocycles. The van der Waals surface area contributed by atoms with Gasteiger partial charge in [0.15, 0.2) is 0 Å². The van der Waals surface area contributed by atoms with Gasteiger partial charge >= 0.3 is 0 Å². The highest BCUT2D eigenvalue weighted by Gasteiger charge is 2.10. The number of nitrogens with one attached hydrogen (secondary N) is 1. The van der Waals surface area contributed by atoms with E-state index in [0.29, 0.717) is 0 Å². The highest BCUT2D eigenvalue weighted by Crippen LogP contribution is 2.25. The zero-order valence-electron chi connectivity index (χ0n) is 8.75. The van der Waals surface area contributed by atoms with Crippen LogP contribution in [0.15, 0.2) is 35.0 Å². The van der Waals surface area contributed by atoms with Crippen molar-refractivity contribution in [2.24, 2.45) is 0 Å². The Hall–Kier alpha value is -0.670. The zero-order valence-corrected chi connectivity index (χ0v) is 11.1. The molecule has 4 heteroatoms. The summed E-state index contributed by atoms with van der Waals surface area (Å²) in [5.41, 5.74) is 1.05. The summed E-state index contributed by atoms with van der Waals surface area (Å²) < 4.78 is 6.38. The number of anilines is 1. The van der Waals surface area contributed by atoms with Crippen molar-refractivity contribution in [1.29, 1.82) is 0 Å². The predicted molar refractivity (Wildman–Crippen MR) is 70.9 cm³/mol. The molecule has 1 unspecified atom stereocenters. The van der Waals surface area contributed by atoms with E-state index in [-0.39, 0.29) is 6.10 Å². The Morgan fingerprint density at radius 2 is 2.38 bits per heavy atom. The molecule has 2 rings (SSSR count). The second-order valence-electron chi connectivity index (χ2n) is 3.72. The Kier molecular flexibility index (Phi) is 4.13. The lowest BCUT2D eigenvalue weighted by molar-refractivity contribution is 0.135. The summed E-state index contributed by atoms with van der Waals surface area (Å²) in [5.74, 6) is 0. The lowest BCUT2D eigenvalue weighted by Gasteiger charge is -2.20. The molecule has 1 atom stereocenters. The fraction of sp³-hybridized carbons (Fsp3) is 0.333. The van der Waals surface area contributed by atoms with Crippen LogP contribution in [-0.4, -0.2) is 12.6 Å². The lowest BCUT2D eigenvalue weighted by atomic mass is 10.1. The van der Waals surface area contributed by atoms with Crippen LogP contribution in [0, 0.1) is 0 Å². The fourth-order valence-corrected chi connectivity index (χ4v) is 2.07. The maximum atomic E-state index is 5.92. The van der Waals surface area contributed by atoms with Gasteiger partial charge in [0, 0.05) is 10.2 Å². The fourth-order valence-electron chi connectivity index (χ4n) is 1.57. The van der Waals surface area contributed by atoms with Crippen LogP contribution in [0.4, 0.5) is 5.69 Å². The molecule has 86 valence electrons. The third kappa shape index (κ3) is 3.16. The monoisotopic (exact) mass is 301 g/mol. The minimum Gasteiger partial charge on any atom is -0.497 e. The maximum absolute atomic E-state index is 5.92. The molecular weight excluding hydrogens is 289 g/mol. The van der Waals surface area contributed by atoms with E-state index in [9.17, 15) is 0 Å². The molecule has 0 fully saturated rings. The molecular formula is C12H13BrClNO. The molecule has 2 nitrogen and oxygen atoms in total. The van der Waals surface area contributed by atoms with Gasteiger partial charge in [-0.25, -0.2) is 0 Å². The molecule has 0 saturated carbocycles. The average molecular weight is 303 g/mol. The van der Waals surface area contributed by atoms with Crippen molar-refractivity contribution in [2.45, 2.75) is 18.9 Å². The summed E-state index contributed by atoms with van der Waals surface area (Å²) in [7, 11) is 0. The molecule has 0 spiro atoms. The van der Waals surface area contributed by atoms with Gasteiger partial charge in [0.25, 0.3) is 0 Å². The standard InChI is InChI=1S/C12H13BrClNO/c13-11-7-9(4-5-12(11)14)15-8-10-3-1-2-6-16-10/h2,4-7,10,15H,1,3,8H2. The molecule has 16 heavy (non-hydrogen) atoms. The SMILES string of the molecule is Clc1ccc(NCC2CCC=CO2)cc1Br. The minimum atomic E-state index is 0.263. The van der Waals surface area contributed by atoms with E-state index in [2.05, 4.69) is 27.3 Å². The van der Waals surface area contributed by atoms with Crippen LogP contribution in [0.1, 0.15) is 12.8 Å². The maximum Gasteiger partial charge on any atom is 0.115 e. The summed E-state index contributed by atoms with van der Waals surface area (Å²) in [6.07, 6.45) is 6.26. The van der Waals surface area contributed by atoms with Crippen molar-refractivity contribution < 1.29 is 4.74 Å². The van der Waals surface area contributed by atoms with Crippen LogP contribution in [0.5, 0.6) is 0 Å². The first kappa shape index (κ1) is 11.8. The zero-order chi connectivity index (χ0) is 11.4. The quantitative estimate of drug-likeness (QED) is 0.903. The number of hydrogen-bond donors (Lipinski definition) is 1. The first-order chi connectivity index (χ1) is 7.75. The summed E-state index contributed by atoms with van der Waals surface area (Å²) in [6.45, 7) is 0.818. The van der Waals surface area contributed by atoms with Crippen LogP contribution < -0.4 is 5.32 Å². The molecule has 0 radical (unpaired) electrons. The second kappa shape index (κ2) is 5.60. The van der Waals surface area contributed by atoms with E-state index in [1.807, 2.05) is 18.2 Å². The van der Waals surface area contributed by atoms with Gasteiger partial charge in [0.1, 0.15) is 6.10 Å². The largest absolute Gasteiger partial charge is 0.497 e. The van der Waals surface area contributed by atoms with E-state index in [1.54, 1.807) is 6.26 Å². The lowest BCUT2D eigenvalue weighted by Crippen LogP contribution is -2.22. The van der Waals surface area contributed by atoms with E-state index in [0.717, 1.165) is 34.6 Å². The van der Waals surface area contributed by atoms with Crippen LogP contribution in [0.25, 0.3) is 0 Å². The first-order valence-corrected chi connectivity index (χ1v) is 6.42. The van der Waals surface area contributed by atoms with Crippen LogP contribution in [-0.2, 0) is 4.74 Å². The van der Waals surface area contributed by atoms with Crippen molar-refractivity contribution in [1.82, 2.24) is 0 Å². The Labute approximate surface area is 109 Å². The minimum absolute atomic E-state index is 0.263. The van der Waals surface area contributed by atoms with Crippen molar-refractivity contribution in [3.05, 3.63) is 40.0 Å². The topological polar surface area (TPSA) is 21.3 Å². The molecule has 1 N–H and O–H groups in total. The van der Waals surface area contributed by atoms with E-state index in [4.69, 9.17) is 16.3 Å². The molecule has 1 aromatic carbocycles. The van der Waals surface area contributed by atoms with Crippen LogP contribution in [0.2, 0.25) is 5.02 Å². The molecule has 1 aliphatic rings. The van der Waals surface area contributed by atoms with Crippen molar-refractivity contribution >= 4 is 33.2 Å². The Balaban J connectivity index is 1.89. The van der Waals surface area contributed by atoms with Crippen molar-refractivity contribution in [3.8, 4) is 0 Å². The third-order valence-corrected chi connectivity index (χ3v) is 3.69. The second-order valence-corrected chi connectivity index (χ2v) is 4.98. The number of allylic oxidation sites excluding steroid dienone is 1. The van der Waals surface area contributed by atoms with Gasteiger partial charge in [-0.2, -0.15) is 0 Å². The normalized spacial score (nSPS) is 19.2. The smallest absolute Gasteiger partial charge is 0.115 e. The summed E-state index contributed by atoms with van der Waals surface area (Å²) >= 11 is 9.32. The van der Waals surface area contributed by atoms with E-state index >= 15 is 0 Å². The van der Waals surface area contributed by atoms with Crippen molar-refractivity contribution in [3.63, 3.8) is 0 Å². The van der Waals surface area contributed by atoms with Gasteiger partial charge in [-0.3, -0.25) is 0 Å². The van der Waals surface area contributed by atoms with Gasteiger partial charge in [0.2, 0.25) is 0 Å². The van der Waals surface area contributed by atoms with Gasteiger partial charge in [0.05, 0.1) is 17.8 Å². The molecule has 0 bridgehead atoms. The molecule has 1 heterocycles. The Morgan fingerprint density at radius 1 is 1.50 bits per heavy atom. The van der Waals surface area contributed by atoms with Gasteiger partial charge < -0.3 is 10.1 Å². The molecule has 0 saturated heterocycles. The van der Waals surface area contributed by atoms with E-state index in [1.165, 1.54) is 0 Å². The number of benzene rings is 1. The van der Waals surface area contributed by atoms with E-state index < -0.39 is 0 Å². The number of hydrogen-bond acceptors (Lipinski definition) is 2. The van der Waals surface area contributed by atoms with Gasteiger partial charge in [-0.05, 0) is 53.0 Å². The first-order valence-electron chi connectivity index (χ1n) is 5.25. The number of ether oxygens (including phenoxy) is 1. The predicted octanol–water partition coefficient (Wildman–Crippen LogP) is 4.21. The third-order valence-electron chi connectivity index (χ3n) is 2.48. The number of halogens is 2. The molecule has 0 aliphatic carbocycles. The van der Waals surface area contributed by atoms with Crippen molar-refractivity contribution in [2.75, 3.05) is 11.9 Å². The van der Waals surface area contributed by atoms with Crippen LogP contribution >= 0.6 is 27.5 Å².